The second-order valence-corrected chi connectivity index (χ2v) is 5.79. The molecule has 22 heavy (non-hydrogen) atoms. The average Bonchev–Trinajstić information content (AvgIpc) is 2.51. The molecule has 0 aliphatic heterocycles. The smallest absolute Gasteiger partial charge is 0.277 e. The predicted octanol–water partition coefficient (Wildman–Crippen LogP) is 4.29. The molecular weight excluding hydrogens is 391 g/mol. The van der Waals surface area contributed by atoms with E-state index in [1.165, 1.54) is 6.21 Å². The number of halogens is 3. The number of carbonyl (C=O) groups is 1. The molecule has 1 amide bonds. The van der Waals surface area contributed by atoms with E-state index in [-0.39, 0.29) is 11.6 Å². The van der Waals surface area contributed by atoms with Crippen LogP contribution in [0.2, 0.25) is 10.0 Å². The third kappa shape index (κ3) is 4.73. The summed E-state index contributed by atoms with van der Waals surface area (Å²) < 4.78 is 6.18. The Balaban J connectivity index is 1.86. The molecule has 0 bridgehead atoms. The van der Waals surface area contributed by atoms with Crippen molar-refractivity contribution in [3.8, 4) is 5.75 Å². The van der Waals surface area contributed by atoms with Gasteiger partial charge in [0.2, 0.25) is 0 Å². The van der Waals surface area contributed by atoms with Crippen molar-refractivity contribution in [2.45, 2.75) is 0 Å². The number of hydrogen-bond donors (Lipinski definition) is 1. The zero-order valence-electron chi connectivity index (χ0n) is 11.2. The van der Waals surface area contributed by atoms with Crippen LogP contribution in [0.15, 0.2) is 52.0 Å². The topological polar surface area (TPSA) is 50.7 Å². The fourth-order valence-corrected chi connectivity index (χ4v) is 2.26. The number of nitrogens with zero attached hydrogens (tertiary/aromatic N) is 1. The number of nitrogens with one attached hydrogen (secondary N) is 1. The Labute approximate surface area is 146 Å². The lowest BCUT2D eigenvalue weighted by atomic mass is 10.2. The summed E-state index contributed by atoms with van der Waals surface area (Å²) in [6.07, 6.45) is 1.54. The molecule has 0 radical (unpaired) electrons. The molecule has 0 atom stereocenters. The maximum Gasteiger partial charge on any atom is 0.277 e. The third-order valence-corrected chi connectivity index (χ3v) is 4.10. The predicted molar refractivity (Wildman–Crippen MR) is 91.8 cm³/mol. The lowest BCUT2D eigenvalue weighted by Gasteiger charge is -2.07. The van der Waals surface area contributed by atoms with Gasteiger partial charge in [-0.25, -0.2) is 5.43 Å². The Morgan fingerprint density at radius 2 is 2.00 bits per heavy atom. The maximum atomic E-state index is 11.7. The van der Waals surface area contributed by atoms with Gasteiger partial charge in [-0.1, -0.05) is 63.4 Å². The van der Waals surface area contributed by atoms with Crippen molar-refractivity contribution in [2.75, 3.05) is 6.61 Å². The molecule has 4 nitrogen and oxygen atoms in total. The molecule has 0 aromatic heterocycles. The van der Waals surface area contributed by atoms with Crippen molar-refractivity contribution in [3.63, 3.8) is 0 Å². The van der Waals surface area contributed by atoms with Crippen LogP contribution in [0.4, 0.5) is 0 Å². The summed E-state index contributed by atoms with van der Waals surface area (Å²) in [7, 11) is 0. The Morgan fingerprint density at radius 1 is 1.23 bits per heavy atom. The molecule has 0 aliphatic rings. The molecule has 0 spiro atoms. The van der Waals surface area contributed by atoms with Crippen molar-refractivity contribution in [1.29, 1.82) is 0 Å². The molecule has 1 N–H and O–H groups in total. The zero-order valence-corrected chi connectivity index (χ0v) is 14.3. The summed E-state index contributed by atoms with van der Waals surface area (Å²) in [6, 6.07) is 12.5. The van der Waals surface area contributed by atoms with E-state index in [0.29, 0.717) is 10.8 Å². The van der Waals surface area contributed by atoms with Gasteiger partial charge in [-0.3, -0.25) is 4.79 Å². The second-order valence-electron chi connectivity index (χ2n) is 4.16. The Kier molecular flexibility index (Phi) is 6.24. The van der Waals surface area contributed by atoms with E-state index in [2.05, 4.69) is 26.5 Å². The van der Waals surface area contributed by atoms with Crippen LogP contribution < -0.4 is 10.2 Å². The largest absolute Gasteiger partial charge is 0.482 e. The molecular formula is C15H11BrCl2N2O2. The molecule has 2 rings (SSSR count). The summed E-state index contributed by atoms with van der Waals surface area (Å²) in [5, 5.41) is 4.50. The first kappa shape index (κ1) is 16.8. The van der Waals surface area contributed by atoms with Crippen LogP contribution in [0.5, 0.6) is 5.75 Å². The van der Waals surface area contributed by atoms with E-state index >= 15 is 0 Å². The van der Waals surface area contributed by atoms with Crippen molar-refractivity contribution >= 4 is 51.3 Å². The normalized spacial score (nSPS) is 10.7. The van der Waals surface area contributed by atoms with Gasteiger partial charge >= 0.3 is 0 Å². The molecule has 0 unspecified atom stereocenters. The van der Waals surface area contributed by atoms with E-state index in [9.17, 15) is 4.79 Å². The van der Waals surface area contributed by atoms with E-state index < -0.39 is 5.91 Å². The number of hydrazone groups is 1. The van der Waals surface area contributed by atoms with Crippen molar-refractivity contribution in [1.82, 2.24) is 5.43 Å². The van der Waals surface area contributed by atoms with Crippen molar-refractivity contribution in [3.05, 3.63) is 62.5 Å². The van der Waals surface area contributed by atoms with E-state index in [4.69, 9.17) is 27.9 Å². The quantitative estimate of drug-likeness (QED) is 0.600. The van der Waals surface area contributed by atoms with E-state index in [1.54, 1.807) is 18.2 Å². The van der Waals surface area contributed by atoms with E-state index in [1.807, 2.05) is 24.3 Å². The number of hydrogen-bond acceptors (Lipinski definition) is 3. The lowest BCUT2D eigenvalue weighted by molar-refractivity contribution is -0.123. The van der Waals surface area contributed by atoms with Crippen molar-refractivity contribution in [2.24, 2.45) is 5.10 Å². The fraction of sp³-hybridized carbons (Fsp3) is 0.0667. The lowest BCUT2D eigenvalue weighted by Crippen LogP contribution is -2.24. The molecule has 0 saturated heterocycles. The number of rotatable bonds is 5. The van der Waals surface area contributed by atoms with Gasteiger partial charge in [-0.15, -0.1) is 0 Å². The molecule has 2 aromatic carbocycles. The summed E-state index contributed by atoms with van der Waals surface area (Å²) >= 11 is 15.2. The molecule has 0 fully saturated rings. The van der Waals surface area contributed by atoms with Crippen LogP contribution in [0, 0.1) is 0 Å². The first-order valence-electron chi connectivity index (χ1n) is 6.21. The van der Waals surface area contributed by atoms with Gasteiger partial charge in [0.15, 0.2) is 6.61 Å². The summed E-state index contributed by atoms with van der Waals surface area (Å²) in [5.41, 5.74) is 3.22. The first-order valence-corrected chi connectivity index (χ1v) is 7.76. The molecule has 114 valence electrons. The monoisotopic (exact) mass is 400 g/mol. The van der Waals surface area contributed by atoms with Gasteiger partial charge < -0.3 is 4.74 Å². The van der Waals surface area contributed by atoms with Crippen LogP contribution in [0.25, 0.3) is 0 Å². The minimum absolute atomic E-state index is 0.215. The van der Waals surface area contributed by atoms with Gasteiger partial charge in [-0.2, -0.15) is 5.10 Å². The fourth-order valence-electron chi connectivity index (χ4n) is 1.52. The van der Waals surface area contributed by atoms with Gasteiger partial charge in [0.25, 0.3) is 5.91 Å². The van der Waals surface area contributed by atoms with Gasteiger partial charge in [0, 0.05) is 10.0 Å². The van der Waals surface area contributed by atoms with Crippen LogP contribution in [0.3, 0.4) is 0 Å². The molecule has 0 aliphatic carbocycles. The standard InChI is InChI=1S/C15H11BrCl2N2O2/c16-11-5-2-1-4-10(11)8-19-20-14(21)9-22-13-7-3-6-12(17)15(13)18/h1-8H,9H2,(H,20,21)/b19-8+. The minimum Gasteiger partial charge on any atom is -0.482 e. The second kappa shape index (κ2) is 8.17. The highest BCUT2D eigenvalue weighted by atomic mass is 79.9. The highest BCUT2D eigenvalue weighted by Gasteiger charge is 2.07. The summed E-state index contributed by atoms with van der Waals surface area (Å²) in [6.45, 7) is -0.215. The Hall–Kier alpha value is -1.56. The summed E-state index contributed by atoms with van der Waals surface area (Å²) in [5.74, 6) is -0.0570. The maximum absolute atomic E-state index is 11.7. The minimum atomic E-state index is -0.403. The van der Waals surface area contributed by atoms with Crippen LogP contribution in [-0.2, 0) is 4.79 Å². The molecule has 7 heteroatoms. The molecule has 2 aromatic rings. The van der Waals surface area contributed by atoms with Gasteiger partial charge in [0.05, 0.1) is 11.2 Å². The first-order chi connectivity index (χ1) is 10.6. The van der Waals surface area contributed by atoms with Crippen LogP contribution >= 0.6 is 39.1 Å². The summed E-state index contributed by atoms with van der Waals surface area (Å²) in [4.78, 5) is 11.7. The molecule has 0 saturated carbocycles. The van der Waals surface area contributed by atoms with Crippen LogP contribution in [-0.4, -0.2) is 18.7 Å². The highest BCUT2D eigenvalue weighted by molar-refractivity contribution is 9.10. The Morgan fingerprint density at radius 3 is 2.77 bits per heavy atom. The van der Waals surface area contributed by atoms with Crippen molar-refractivity contribution < 1.29 is 9.53 Å². The van der Waals surface area contributed by atoms with Gasteiger partial charge in [-0.05, 0) is 18.2 Å². The van der Waals surface area contributed by atoms with Gasteiger partial charge in [0.1, 0.15) is 10.8 Å². The average molecular weight is 402 g/mol. The number of ether oxygens (including phenoxy) is 1. The number of benzene rings is 2. The number of amides is 1. The Bertz CT molecular complexity index is 708. The SMILES string of the molecule is O=C(COc1cccc(Cl)c1Cl)N/N=C/c1ccccc1Br. The molecule has 0 heterocycles. The zero-order chi connectivity index (χ0) is 15.9. The van der Waals surface area contributed by atoms with E-state index in [0.717, 1.165) is 10.0 Å². The number of carbonyl (C=O) groups excluding carboxylic acids is 1. The highest BCUT2D eigenvalue weighted by Crippen LogP contribution is 2.31. The third-order valence-electron chi connectivity index (χ3n) is 2.57. The van der Waals surface area contributed by atoms with Crippen LogP contribution in [0.1, 0.15) is 5.56 Å².